The summed E-state index contributed by atoms with van der Waals surface area (Å²) in [7, 11) is 0. The van der Waals surface area contributed by atoms with E-state index in [1.807, 2.05) is 59.5 Å². The van der Waals surface area contributed by atoms with Crippen molar-refractivity contribution in [3.05, 3.63) is 60.2 Å². The molecular formula is C22H24N4O3. The van der Waals surface area contributed by atoms with Crippen LogP contribution in [0.25, 0.3) is 0 Å². The molecule has 2 saturated heterocycles. The predicted molar refractivity (Wildman–Crippen MR) is 111 cm³/mol. The molecule has 0 aromatic heterocycles. The minimum Gasteiger partial charge on any atom is -0.369 e. The number of nitrogens with zero attached hydrogens (tertiary/aromatic N) is 3. The zero-order chi connectivity index (χ0) is 20.4. The summed E-state index contributed by atoms with van der Waals surface area (Å²) in [5.41, 5.74) is 7.89. The second-order valence-electron chi connectivity index (χ2n) is 7.47. The summed E-state index contributed by atoms with van der Waals surface area (Å²) in [5.74, 6) is -0.857. The van der Waals surface area contributed by atoms with E-state index in [4.69, 9.17) is 5.73 Å². The van der Waals surface area contributed by atoms with E-state index in [9.17, 15) is 14.4 Å². The topological polar surface area (TPSA) is 86.9 Å². The fourth-order valence-electron chi connectivity index (χ4n) is 3.92. The molecule has 2 aromatic rings. The number of benzene rings is 2. The Kier molecular flexibility index (Phi) is 5.20. The van der Waals surface area contributed by atoms with E-state index in [0.29, 0.717) is 19.6 Å². The Balaban J connectivity index is 1.37. The molecular weight excluding hydrogens is 368 g/mol. The van der Waals surface area contributed by atoms with Crippen LogP contribution < -0.4 is 15.5 Å². The van der Waals surface area contributed by atoms with Crippen LogP contribution in [0.4, 0.5) is 11.4 Å². The Morgan fingerprint density at radius 2 is 1.48 bits per heavy atom. The standard InChI is InChI=1S/C22H24N4O3/c23-21(28)17-14-20(27)26(15-17)19-8-6-18(7-9-19)24-10-12-25(13-11-24)22(29)16-4-2-1-3-5-16/h1-9,17H,10-15H2,(H2,23,28)/t17-/m0/s1. The van der Waals surface area contributed by atoms with Gasteiger partial charge in [0.05, 0.1) is 5.92 Å². The van der Waals surface area contributed by atoms with Crippen LogP contribution in [0.2, 0.25) is 0 Å². The Hall–Kier alpha value is -3.35. The van der Waals surface area contributed by atoms with Gasteiger partial charge in [0.1, 0.15) is 0 Å². The maximum absolute atomic E-state index is 12.6. The lowest BCUT2D eigenvalue weighted by Gasteiger charge is -2.36. The van der Waals surface area contributed by atoms with Gasteiger partial charge in [-0.15, -0.1) is 0 Å². The molecule has 1 atom stereocenters. The lowest BCUT2D eigenvalue weighted by atomic mass is 10.1. The van der Waals surface area contributed by atoms with Crippen LogP contribution in [0.3, 0.4) is 0 Å². The number of hydrogen-bond donors (Lipinski definition) is 1. The third kappa shape index (κ3) is 3.94. The van der Waals surface area contributed by atoms with Crippen molar-refractivity contribution >= 4 is 29.1 Å². The van der Waals surface area contributed by atoms with Gasteiger partial charge >= 0.3 is 0 Å². The van der Waals surface area contributed by atoms with Gasteiger partial charge in [0, 0.05) is 56.1 Å². The largest absolute Gasteiger partial charge is 0.369 e. The lowest BCUT2D eigenvalue weighted by Crippen LogP contribution is -2.48. The van der Waals surface area contributed by atoms with Crippen LogP contribution in [0.1, 0.15) is 16.8 Å². The molecule has 4 rings (SSSR count). The van der Waals surface area contributed by atoms with E-state index in [0.717, 1.165) is 30.0 Å². The highest BCUT2D eigenvalue weighted by Crippen LogP contribution is 2.27. The average Bonchev–Trinajstić information content (AvgIpc) is 3.16. The average molecular weight is 392 g/mol. The third-order valence-corrected chi connectivity index (χ3v) is 5.64. The Morgan fingerprint density at radius 1 is 0.862 bits per heavy atom. The number of amides is 3. The highest BCUT2D eigenvalue weighted by molar-refractivity contribution is 6.00. The summed E-state index contributed by atoms with van der Waals surface area (Å²) >= 11 is 0. The number of primary amides is 1. The lowest BCUT2D eigenvalue weighted by molar-refractivity contribution is -0.123. The number of piperazine rings is 1. The molecule has 0 unspecified atom stereocenters. The first-order chi connectivity index (χ1) is 14.0. The molecule has 0 bridgehead atoms. The van der Waals surface area contributed by atoms with Crippen LogP contribution in [0.5, 0.6) is 0 Å². The van der Waals surface area contributed by atoms with Crippen molar-refractivity contribution in [3.8, 4) is 0 Å². The summed E-state index contributed by atoms with van der Waals surface area (Å²) in [6.45, 7) is 3.18. The molecule has 0 spiro atoms. The Labute approximate surface area is 169 Å². The number of anilines is 2. The molecule has 7 heteroatoms. The molecule has 2 aliphatic rings. The van der Waals surface area contributed by atoms with E-state index in [1.165, 1.54) is 0 Å². The van der Waals surface area contributed by atoms with Gasteiger partial charge in [-0.25, -0.2) is 0 Å². The maximum atomic E-state index is 12.6. The number of nitrogens with two attached hydrogens (primary N) is 1. The monoisotopic (exact) mass is 392 g/mol. The van der Waals surface area contributed by atoms with Crippen LogP contribution in [0, 0.1) is 5.92 Å². The van der Waals surface area contributed by atoms with Gasteiger partial charge in [-0.1, -0.05) is 18.2 Å². The molecule has 7 nitrogen and oxygen atoms in total. The summed E-state index contributed by atoms with van der Waals surface area (Å²) in [5, 5.41) is 0. The first-order valence-corrected chi connectivity index (χ1v) is 9.82. The van der Waals surface area contributed by atoms with E-state index < -0.39 is 11.8 Å². The normalized spacial score (nSPS) is 19.5. The molecule has 0 radical (unpaired) electrons. The van der Waals surface area contributed by atoms with Gasteiger partial charge in [-0.3, -0.25) is 14.4 Å². The highest BCUT2D eigenvalue weighted by atomic mass is 16.2. The zero-order valence-corrected chi connectivity index (χ0v) is 16.2. The number of hydrogen-bond acceptors (Lipinski definition) is 4. The second-order valence-corrected chi connectivity index (χ2v) is 7.47. The Morgan fingerprint density at radius 3 is 2.07 bits per heavy atom. The van der Waals surface area contributed by atoms with Gasteiger partial charge in [-0.05, 0) is 36.4 Å². The van der Waals surface area contributed by atoms with Crippen molar-refractivity contribution in [2.75, 3.05) is 42.5 Å². The van der Waals surface area contributed by atoms with Gasteiger partial charge in [0.25, 0.3) is 5.91 Å². The van der Waals surface area contributed by atoms with Crippen molar-refractivity contribution in [2.45, 2.75) is 6.42 Å². The number of rotatable bonds is 4. The summed E-state index contributed by atoms with van der Waals surface area (Å²) in [6, 6.07) is 17.1. The van der Waals surface area contributed by atoms with Gasteiger partial charge < -0.3 is 20.4 Å². The van der Waals surface area contributed by atoms with Crippen molar-refractivity contribution in [3.63, 3.8) is 0 Å². The summed E-state index contributed by atoms with van der Waals surface area (Å²) < 4.78 is 0. The second kappa shape index (κ2) is 7.95. The maximum Gasteiger partial charge on any atom is 0.253 e. The molecule has 29 heavy (non-hydrogen) atoms. The zero-order valence-electron chi connectivity index (χ0n) is 16.2. The van der Waals surface area contributed by atoms with Crippen molar-refractivity contribution in [1.29, 1.82) is 0 Å². The fraction of sp³-hybridized carbons (Fsp3) is 0.318. The Bertz CT molecular complexity index is 905. The summed E-state index contributed by atoms with van der Waals surface area (Å²) in [4.78, 5) is 41.8. The molecule has 150 valence electrons. The van der Waals surface area contributed by atoms with Gasteiger partial charge in [0.15, 0.2) is 0 Å². The van der Waals surface area contributed by atoms with E-state index in [1.54, 1.807) is 4.90 Å². The minimum absolute atomic E-state index is 0.0668. The van der Waals surface area contributed by atoms with Crippen LogP contribution in [0.15, 0.2) is 54.6 Å². The van der Waals surface area contributed by atoms with Crippen LogP contribution >= 0.6 is 0 Å². The van der Waals surface area contributed by atoms with Gasteiger partial charge in [0.2, 0.25) is 11.8 Å². The molecule has 2 aliphatic heterocycles. The predicted octanol–water partition coefficient (Wildman–Crippen LogP) is 1.49. The van der Waals surface area contributed by atoms with E-state index in [-0.39, 0.29) is 18.2 Å². The van der Waals surface area contributed by atoms with Crippen LogP contribution in [-0.2, 0) is 9.59 Å². The molecule has 3 amide bonds. The molecule has 0 aliphatic carbocycles. The third-order valence-electron chi connectivity index (χ3n) is 5.64. The van der Waals surface area contributed by atoms with Gasteiger partial charge in [-0.2, -0.15) is 0 Å². The molecule has 2 heterocycles. The van der Waals surface area contributed by atoms with E-state index in [2.05, 4.69) is 4.90 Å². The number of carbonyl (C=O) groups is 3. The van der Waals surface area contributed by atoms with Crippen LogP contribution in [-0.4, -0.2) is 55.3 Å². The molecule has 2 aromatic carbocycles. The van der Waals surface area contributed by atoms with Crippen molar-refractivity contribution < 1.29 is 14.4 Å². The quantitative estimate of drug-likeness (QED) is 0.854. The first kappa shape index (κ1) is 19.0. The number of carbonyl (C=O) groups excluding carboxylic acids is 3. The molecule has 2 N–H and O–H groups in total. The SMILES string of the molecule is NC(=O)[C@H]1CC(=O)N(c2ccc(N3CCN(C(=O)c4ccccc4)CC3)cc2)C1. The summed E-state index contributed by atoms with van der Waals surface area (Å²) in [6.07, 6.45) is 0.175. The van der Waals surface area contributed by atoms with E-state index >= 15 is 0 Å². The smallest absolute Gasteiger partial charge is 0.253 e. The highest BCUT2D eigenvalue weighted by Gasteiger charge is 2.34. The van der Waals surface area contributed by atoms with Crippen molar-refractivity contribution in [2.24, 2.45) is 11.7 Å². The van der Waals surface area contributed by atoms with Crippen molar-refractivity contribution in [1.82, 2.24) is 4.90 Å². The minimum atomic E-state index is -0.430. The first-order valence-electron chi connectivity index (χ1n) is 9.82. The fourth-order valence-corrected chi connectivity index (χ4v) is 3.92. The molecule has 0 saturated carbocycles. The molecule has 2 fully saturated rings.